The zero-order chi connectivity index (χ0) is 25.0. The highest BCUT2D eigenvalue weighted by Gasteiger charge is 2.30. The van der Waals surface area contributed by atoms with Crippen molar-refractivity contribution < 1.29 is 14.3 Å². The van der Waals surface area contributed by atoms with Crippen molar-refractivity contribution >= 4 is 16.7 Å². The molecule has 0 heterocycles. The van der Waals surface area contributed by atoms with Crippen LogP contribution < -0.4 is 10.1 Å². The minimum atomic E-state index is -0.697. The molecule has 0 spiro atoms. The van der Waals surface area contributed by atoms with E-state index in [-0.39, 0.29) is 12.0 Å². The second-order valence-corrected chi connectivity index (χ2v) is 9.44. The Balaban J connectivity index is 1.63. The number of carbonyl (C=O) groups excluding carboxylic acids is 1. The van der Waals surface area contributed by atoms with Crippen LogP contribution in [0.2, 0.25) is 0 Å². The van der Waals surface area contributed by atoms with E-state index in [4.69, 9.17) is 9.47 Å². The highest BCUT2D eigenvalue weighted by atomic mass is 16.5. The number of rotatable bonds is 8. The van der Waals surface area contributed by atoms with Gasteiger partial charge in [0.05, 0.1) is 19.6 Å². The Morgan fingerprint density at radius 3 is 2.37 bits per heavy atom. The van der Waals surface area contributed by atoms with Gasteiger partial charge < -0.3 is 14.8 Å². The maximum atomic E-state index is 12.2. The third-order valence-corrected chi connectivity index (χ3v) is 6.74. The number of esters is 1. The molecule has 0 amide bonds. The SMILES string of the molecule is COC(=O)C(C)(C)c1ccc(-c2cc(CNC(C)c3cccc(OC)c3)cc3ccccc23)cc1. The highest BCUT2D eigenvalue weighted by molar-refractivity contribution is 5.97. The summed E-state index contributed by atoms with van der Waals surface area (Å²) >= 11 is 0. The lowest BCUT2D eigenvalue weighted by Gasteiger charge is -2.22. The predicted molar refractivity (Wildman–Crippen MR) is 143 cm³/mol. The van der Waals surface area contributed by atoms with Crippen LogP contribution in [0.3, 0.4) is 0 Å². The first-order chi connectivity index (χ1) is 16.8. The van der Waals surface area contributed by atoms with Gasteiger partial charge in [-0.05, 0) is 83.6 Å². The van der Waals surface area contributed by atoms with Crippen molar-refractivity contribution in [3.63, 3.8) is 0 Å². The second-order valence-electron chi connectivity index (χ2n) is 9.44. The van der Waals surface area contributed by atoms with Crippen LogP contribution in [0.15, 0.2) is 84.9 Å². The molecule has 4 aromatic rings. The number of methoxy groups -OCH3 is 2. The van der Waals surface area contributed by atoms with E-state index in [9.17, 15) is 4.79 Å². The van der Waals surface area contributed by atoms with E-state index in [2.05, 4.69) is 72.9 Å². The minimum Gasteiger partial charge on any atom is -0.497 e. The van der Waals surface area contributed by atoms with E-state index in [0.29, 0.717) is 0 Å². The van der Waals surface area contributed by atoms with E-state index in [1.54, 1.807) is 7.11 Å². The van der Waals surface area contributed by atoms with Gasteiger partial charge >= 0.3 is 5.97 Å². The Kier molecular flexibility index (Phi) is 7.23. The van der Waals surface area contributed by atoms with E-state index in [0.717, 1.165) is 23.4 Å². The van der Waals surface area contributed by atoms with Crippen molar-refractivity contribution in [2.75, 3.05) is 14.2 Å². The van der Waals surface area contributed by atoms with Crippen LogP contribution in [0.5, 0.6) is 5.75 Å². The molecule has 1 unspecified atom stereocenters. The zero-order valence-electron chi connectivity index (χ0n) is 21.1. The number of hydrogen-bond acceptors (Lipinski definition) is 4. The highest BCUT2D eigenvalue weighted by Crippen LogP contribution is 2.33. The lowest BCUT2D eigenvalue weighted by molar-refractivity contribution is -0.146. The molecule has 0 saturated carbocycles. The zero-order valence-corrected chi connectivity index (χ0v) is 21.1. The Morgan fingerprint density at radius 2 is 1.66 bits per heavy atom. The van der Waals surface area contributed by atoms with Crippen LogP contribution in [-0.2, 0) is 21.5 Å². The summed E-state index contributed by atoms with van der Waals surface area (Å²) in [6.07, 6.45) is 0. The van der Waals surface area contributed by atoms with Crippen LogP contribution in [0.1, 0.15) is 43.5 Å². The molecule has 0 aliphatic carbocycles. The summed E-state index contributed by atoms with van der Waals surface area (Å²) < 4.78 is 10.4. The van der Waals surface area contributed by atoms with Crippen molar-refractivity contribution in [1.29, 1.82) is 0 Å². The number of hydrogen-bond donors (Lipinski definition) is 1. The molecule has 4 heteroatoms. The van der Waals surface area contributed by atoms with Gasteiger partial charge in [-0.1, -0.05) is 60.7 Å². The number of ether oxygens (including phenoxy) is 2. The van der Waals surface area contributed by atoms with Gasteiger partial charge in [0, 0.05) is 12.6 Å². The fourth-order valence-electron chi connectivity index (χ4n) is 4.45. The molecule has 0 saturated heterocycles. The van der Waals surface area contributed by atoms with Crippen LogP contribution >= 0.6 is 0 Å². The van der Waals surface area contributed by atoms with E-state index in [1.807, 2.05) is 38.1 Å². The fraction of sp³-hybridized carbons (Fsp3) is 0.258. The van der Waals surface area contributed by atoms with Gasteiger partial charge in [0.15, 0.2) is 0 Å². The molecule has 4 nitrogen and oxygen atoms in total. The van der Waals surface area contributed by atoms with Gasteiger partial charge in [0.25, 0.3) is 0 Å². The van der Waals surface area contributed by atoms with E-state index >= 15 is 0 Å². The lowest BCUT2D eigenvalue weighted by Crippen LogP contribution is -2.30. The molecule has 4 aromatic carbocycles. The lowest BCUT2D eigenvalue weighted by atomic mass is 9.83. The third-order valence-electron chi connectivity index (χ3n) is 6.74. The van der Waals surface area contributed by atoms with Crippen LogP contribution in [-0.4, -0.2) is 20.2 Å². The van der Waals surface area contributed by atoms with Crippen molar-refractivity contribution in [2.45, 2.75) is 38.8 Å². The van der Waals surface area contributed by atoms with Crippen molar-refractivity contribution in [2.24, 2.45) is 0 Å². The Hall–Kier alpha value is -3.63. The summed E-state index contributed by atoms with van der Waals surface area (Å²) in [6, 6.07) is 29.6. The average Bonchev–Trinajstić information content (AvgIpc) is 2.90. The first-order valence-corrected chi connectivity index (χ1v) is 11.9. The molecular weight excluding hydrogens is 434 g/mol. The molecule has 180 valence electrons. The molecule has 1 N–H and O–H groups in total. The van der Waals surface area contributed by atoms with Gasteiger partial charge in [-0.25, -0.2) is 0 Å². The van der Waals surface area contributed by atoms with E-state index < -0.39 is 5.41 Å². The molecule has 0 fully saturated rings. The summed E-state index contributed by atoms with van der Waals surface area (Å²) in [6.45, 7) is 6.68. The normalized spacial score (nSPS) is 12.4. The Bertz CT molecular complexity index is 1320. The molecule has 35 heavy (non-hydrogen) atoms. The smallest absolute Gasteiger partial charge is 0.315 e. The molecule has 0 aliphatic rings. The van der Waals surface area contributed by atoms with E-state index in [1.165, 1.54) is 34.6 Å². The quantitative estimate of drug-likeness (QED) is 0.289. The predicted octanol–water partition coefficient (Wildman–Crippen LogP) is 6.82. The fourth-order valence-corrected chi connectivity index (χ4v) is 4.45. The summed E-state index contributed by atoms with van der Waals surface area (Å²) in [7, 11) is 3.12. The first kappa shape index (κ1) is 24.5. The Morgan fingerprint density at radius 1 is 0.914 bits per heavy atom. The van der Waals surface area contributed by atoms with Crippen LogP contribution in [0, 0.1) is 0 Å². The Labute approximate surface area is 207 Å². The number of fused-ring (bicyclic) bond motifs is 1. The monoisotopic (exact) mass is 467 g/mol. The molecule has 0 aliphatic heterocycles. The molecule has 4 rings (SSSR count). The summed E-state index contributed by atoms with van der Waals surface area (Å²) in [5.41, 5.74) is 4.94. The molecule has 1 atom stereocenters. The van der Waals surface area contributed by atoms with Crippen molar-refractivity contribution in [3.8, 4) is 16.9 Å². The summed E-state index contributed by atoms with van der Waals surface area (Å²) in [5, 5.41) is 6.06. The summed E-state index contributed by atoms with van der Waals surface area (Å²) in [5.74, 6) is 0.622. The maximum Gasteiger partial charge on any atom is 0.315 e. The molecular formula is C31H33NO3. The molecule has 0 radical (unpaired) electrons. The number of carbonyl (C=O) groups is 1. The second kappa shape index (κ2) is 10.3. The summed E-state index contributed by atoms with van der Waals surface area (Å²) in [4.78, 5) is 12.2. The standard InChI is InChI=1S/C31H33NO3/c1-21(24-10-8-11-27(19-24)34-4)32-20-22-17-25-9-6-7-12-28(25)29(18-22)23-13-15-26(16-14-23)31(2,3)30(33)35-5/h6-19,21,32H,20H2,1-5H3. The van der Waals surface area contributed by atoms with Gasteiger partial charge in [-0.2, -0.15) is 0 Å². The van der Waals surface area contributed by atoms with Crippen molar-refractivity contribution in [1.82, 2.24) is 5.32 Å². The number of benzene rings is 4. The minimum absolute atomic E-state index is 0.180. The maximum absolute atomic E-state index is 12.2. The molecule has 0 aromatic heterocycles. The average molecular weight is 468 g/mol. The number of nitrogens with one attached hydrogen (secondary N) is 1. The van der Waals surface area contributed by atoms with Gasteiger partial charge in [0.2, 0.25) is 0 Å². The van der Waals surface area contributed by atoms with Gasteiger partial charge in [0.1, 0.15) is 5.75 Å². The van der Waals surface area contributed by atoms with Gasteiger partial charge in [-0.15, -0.1) is 0 Å². The topological polar surface area (TPSA) is 47.6 Å². The molecule has 0 bridgehead atoms. The van der Waals surface area contributed by atoms with Crippen molar-refractivity contribution in [3.05, 3.63) is 102 Å². The van der Waals surface area contributed by atoms with Crippen LogP contribution in [0.25, 0.3) is 21.9 Å². The largest absolute Gasteiger partial charge is 0.497 e. The third kappa shape index (κ3) is 5.23. The first-order valence-electron chi connectivity index (χ1n) is 11.9. The van der Waals surface area contributed by atoms with Gasteiger partial charge in [-0.3, -0.25) is 4.79 Å². The van der Waals surface area contributed by atoms with Crippen LogP contribution in [0.4, 0.5) is 0 Å².